The van der Waals surface area contributed by atoms with E-state index in [9.17, 15) is 4.39 Å². The van der Waals surface area contributed by atoms with Crippen molar-refractivity contribution < 1.29 is 9.13 Å². The number of nitrogens with zero attached hydrogens (tertiary/aromatic N) is 2. The van der Waals surface area contributed by atoms with Gasteiger partial charge in [0.2, 0.25) is 5.88 Å². The van der Waals surface area contributed by atoms with Gasteiger partial charge in [0, 0.05) is 7.05 Å². The van der Waals surface area contributed by atoms with Crippen molar-refractivity contribution in [2.45, 2.75) is 13.8 Å². The van der Waals surface area contributed by atoms with Crippen LogP contribution in [0.2, 0.25) is 0 Å². The zero-order valence-corrected chi connectivity index (χ0v) is 11.7. The molecular weight excluding hydrogens is 265 g/mol. The lowest BCUT2D eigenvalue weighted by Crippen LogP contribution is -2.11. The van der Waals surface area contributed by atoms with Gasteiger partial charge >= 0.3 is 0 Å². The summed E-state index contributed by atoms with van der Waals surface area (Å²) in [4.78, 5) is 0.223. The maximum atomic E-state index is 13.1. The van der Waals surface area contributed by atoms with Gasteiger partial charge in [-0.2, -0.15) is 5.10 Å². The van der Waals surface area contributed by atoms with Crippen LogP contribution in [0.5, 0.6) is 11.6 Å². The van der Waals surface area contributed by atoms with E-state index in [-0.39, 0.29) is 10.8 Å². The van der Waals surface area contributed by atoms with Crippen LogP contribution >= 0.6 is 12.2 Å². The summed E-state index contributed by atoms with van der Waals surface area (Å²) in [5.74, 6) is 0.696. The zero-order chi connectivity index (χ0) is 14.2. The minimum atomic E-state index is -0.305. The number of benzene rings is 1. The minimum Gasteiger partial charge on any atom is -0.438 e. The average Bonchev–Trinajstić information content (AvgIpc) is 2.57. The Morgan fingerprint density at radius 3 is 2.68 bits per heavy atom. The van der Waals surface area contributed by atoms with E-state index >= 15 is 0 Å². The Hall–Kier alpha value is -1.95. The van der Waals surface area contributed by atoms with E-state index in [2.05, 4.69) is 5.10 Å². The smallest absolute Gasteiger partial charge is 0.228 e. The first-order chi connectivity index (χ1) is 8.90. The van der Waals surface area contributed by atoms with E-state index in [0.717, 1.165) is 0 Å². The van der Waals surface area contributed by atoms with Crippen LogP contribution in [0.4, 0.5) is 4.39 Å². The molecule has 4 nitrogen and oxygen atoms in total. The van der Waals surface area contributed by atoms with Crippen molar-refractivity contribution in [1.82, 2.24) is 9.78 Å². The van der Waals surface area contributed by atoms with Gasteiger partial charge in [0.05, 0.1) is 11.3 Å². The highest BCUT2D eigenvalue weighted by molar-refractivity contribution is 7.80. The number of aromatic nitrogens is 2. The second kappa shape index (κ2) is 4.97. The fourth-order valence-corrected chi connectivity index (χ4v) is 2.10. The van der Waals surface area contributed by atoms with Crippen molar-refractivity contribution in [2.75, 3.05) is 0 Å². The van der Waals surface area contributed by atoms with E-state index < -0.39 is 0 Å². The molecule has 19 heavy (non-hydrogen) atoms. The van der Waals surface area contributed by atoms with Gasteiger partial charge in [0.25, 0.3) is 0 Å². The molecule has 100 valence electrons. The third kappa shape index (κ3) is 2.58. The third-order valence-electron chi connectivity index (χ3n) is 2.76. The molecule has 2 N–H and O–H groups in total. The van der Waals surface area contributed by atoms with Gasteiger partial charge in [-0.05, 0) is 37.6 Å². The van der Waals surface area contributed by atoms with Crippen molar-refractivity contribution in [3.8, 4) is 11.6 Å². The lowest BCUT2D eigenvalue weighted by Gasteiger charge is -2.10. The Morgan fingerprint density at radius 2 is 2.11 bits per heavy atom. The van der Waals surface area contributed by atoms with Crippen molar-refractivity contribution in [3.05, 3.63) is 40.8 Å². The lowest BCUT2D eigenvalue weighted by atomic mass is 10.2. The highest BCUT2D eigenvalue weighted by Crippen LogP contribution is 2.29. The molecule has 0 atom stereocenters. The number of ether oxygens (including phenoxy) is 1. The molecule has 2 aromatic rings. The zero-order valence-electron chi connectivity index (χ0n) is 10.9. The Balaban J connectivity index is 2.46. The third-order valence-corrected chi connectivity index (χ3v) is 2.96. The number of aryl methyl sites for hydroxylation is 3. The van der Waals surface area contributed by atoms with Crippen LogP contribution in [0, 0.1) is 19.7 Å². The molecule has 0 bridgehead atoms. The highest BCUT2D eigenvalue weighted by atomic mass is 32.1. The summed E-state index contributed by atoms with van der Waals surface area (Å²) in [5, 5.41) is 4.23. The van der Waals surface area contributed by atoms with Gasteiger partial charge < -0.3 is 10.5 Å². The van der Waals surface area contributed by atoms with E-state index in [1.54, 1.807) is 31.6 Å². The van der Waals surface area contributed by atoms with Gasteiger partial charge in [0.1, 0.15) is 16.6 Å². The average molecular weight is 279 g/mol. The topological polar surface area (TPSA) is 53.1 Å². The molecule has 0 aliphatic heterocycles. The molecule has 0 saturated heterocycles. The Kier molecular flexibility index (Phi) is 3.53. The largest absolute Gasteiger partial charge is 0.438 e. The molecule has 0 fully saturated rings. The van der Waals surface area contributed by atoms with Gasteiger partial charge in [-0.1, -0.05) is 12.2 Å². The molecular formula is C13H14FN3OS. The van der Waals surface area contributed by atoms with E-state index in [1.807, 2.05) is 0 Å². The van der Waals surface area contributed by atoms with Crippen molar-refractivity contribution >= 4 is 17.2 Å². The molecule has 0 saturated carbocycles. The van der Waals surface area contributed by atoms with Crippen molar-refractivity contribution in [3.63, 3.8) is 0 Å². The Morgan fingerprint density at radius 1 is 1.42 bits per heavy atom. The fourth-order valence-electron chi connectivity index (χ4n) is 1.87. The number of hydrogen-bond acceptors (Lipinski definition) is 3. The van der Waals surface area contributed by atoms with E-state index in [0.29, 0.717) is 28.5 Å². The van der Waals surface area contributed by atoms with E-state index in [1.165, 1.54) is 12.1 Å². The molecule has 0 radical (unpaired) electrons. The molecule has 0 unspecified atom stereocenters. The standard InChI is InChI=1S/C13H14FN3OS/c1-7-6-9(14)4-5-10(7)18-13-11(12(15)19)8(2)16-17(13)3/h4-6H,1-3H3,(H2,15,19). The first-order valence-corrected chi connectivity index (χ1v) is 6.08. The summed E-state index contributed by atoms with van der Waals surface area (Å²) in [7, 11) is 1.74. The maximum Gasteiger partial charge on any atom is 0.228 e. The first kappa shape index (κ1) is 13.5. The Labute approximate surface area is 116 Å². The number of thiocarbonyl (C=S) groups is 1. The van der Waals surface area contributed by atoms with Gasteiger partial charge in [-0.3, -0.25) is 0 Å². The summed E-state index contributed by atoms with van der Waals surface area (Å²) >= 11 is 5.00. The molecule has 0 amide bonds. The molecule has 0 spiro atoms. The molecule has 0 aliphatic rings. The number of hydrogen-bond donors (Lipinski definition) is 1. The van der Waals surface area contributed by atoms with Crippen molar-refractivity contribution in [1.29, 1.82) is 0 Å². The summed E-state index contributed by atoms with van der Waals surface area (Å²) in [6.07, 6.45) is 0. The van der Waals surface area contributed by atoms with Crippen molar-refractivity contribution in [2.24, 2.45) is 12.8 Å². The monoisotopic (exact) mass is 279 g/mol. The van der Waals surface area contributed by atoms with E-state index in [4.69, 9.17) is 22.7 Å². The second-order valence-electron chi connectivity index (χ2n) is 4.27. The SMILES string of the molecule is Cc1cc(F)ccc1Oc1c(C(N)=S)c(C)nn1C. The molecule has 2 rings (SSSR count). The molecule has 6 heteroatoms. The van der Waals surface area contributed by atoms with Crippen LogP contribution in [0.15, 0.2) is 18.2 Å². The van der Waals surface area contributed by atoms with Crippen LogP contribution in [0.3, 0.4) is 0 Å². The van der Waals surface area contributed by atoms with Crippen LogP contribution in [-0.2, 0) is 7.05 Å². The van der Waals surface area contributed by atoms with Gasteiger partial charge in [-0.25, -0.2) is 9.07 Å². The number of nitrogens with two attached hydrogens (primary N) is 1. The molecule has 0 aliphatic carbocycles. The van der Waals surface area contributed by atoms with Crippen LogP contribution in [-0.4, -0.2) is 14.8 Å². The quantitative estimate of drug-likeness (QED) is 0.877. The number of halogens is 1. The van der Waals surface area contributed by atoms with Gasteiger partial charge in [-0.15, -0.1) is 0 Å². The molecule has 1 heterocycles. The Bertz CT molecular complexity index is 652. The van der Waals surface area contributed by atoms with Gasteiger partial charge in [0.15, 0.2) is 0 Å². The summed E-state index contributed by atoms with van der Waals surface area (Å²) < 4.78 is 20.4. The minimum absolute atomic E-state index is 0.223. The number of rotatable bonds is 3. The summed E-state index contributed by atoms with van der Waals surface area (Å²) in [6, 6.07) is 4.31. The van der Waals surface area contributed by atoms with Crippen LogP contribution in [0.1, 0.15) is 16.8 Å². The normalized spacial score (nSPS) is 10.5. The maximum absolute atomic E-state index is 13.1. The lowest BCUT2D eigenvalue weighted by molar-refractivity contribution is 0.426. The van der Waals surface area contributed by atoms with Crippen LogP contribution < -0.4 is 10.5 Å². The molecule has 1 aromatic heterocycles. The predicted octanol–water partition coefficient (Wildman–Crippen LogP) is 2.60. The molecule has 1 aromatic carbocycles. The summed E-state index contributed by atoms with van der Waals surface area (Å²) in [5.41, 5.74) is 7.67. The first-order valence-electron chi connectivity index (χ1n) is 5.67. The van der Waals surface area contributed by atoms with Crippen LogP contribution in [0.25, 0.3) is 0 Å². The fraction of sp³-hybridized carbons (Fsp3) is 0.231. The second-order valence-corrected chi connectivity index (χ2v) is 4.71. The predicted molar refractivity (Wildman–Crippen MR) is 75.0 cm³/mol. The highest BCUT2D eigenvalue weighted by Gasteiger charge is 2.18. The summed E-state index contributed by atoms with van der Waals surface area (Å²) in [6.45, 7) is 3.57.